The average molecular weight is 412 g/mol. The molecule has 0 fully saturated rings. The van der Waals surface area contributed by atoms with E-state index in [-0.39, 0.29) is 17.6 Å². The van der Waals surface area contributed by atoms with Crippen molar-refractivity contribution >= 4 is 29.3 Å². The summed E-state index contributed by atoms with van der Waals surface area (Å²) in [6, 6.07) is 11.4. The van der Waals surface area contributed by atoms with Crippen LogP contribution < -0.4 is 0 Å². The molecule has 1 aromatic carbocycles. The van der Waals surface area contributed by atoms with Crippen LogP contribution in [-0.2, 0) is 16.1 Å². The van der Waals surface area contributed by atoms with Gasteiger partial charge in [-0.2, -0.15) is 0 Å². The summed E-state index contributed by atoms with van der Waals surface area (Å²) >= 11 is 6.13. The van der Waals surface area contributed by atoms with Gasteiger partial charge in [-0.15, -0.1) is 0 Å². The summed E-state index contributed by atoms with van der Waals surface area (Å²) in [6.45, 7) is 1.74. The largest absolute Gasteiger partial charge is 0.456 e. The Balaban J connectivity index is 1.44. The number of esters is 1. The van der Waals surface area contributed by atoms with Gasteiger partial charge in [-0.1, -0.05) is 22.8 Å². The maximum Gasteiger partial charge on any atom is 0.331 e. The minimum atomic E-state index is -0.558. The topological polar surface area (TPSA) is 69.6 Å². The Morgan fingerprint density at radius 1 is 1.28 bits per heavy atom. The number of benzene rings is 1. The van der Waals surface area contributed by atoms with Gasteiger partial charge >= 0.3 is 5.97 Å². The number of carbonyl (C=O) groups excluding carboxylic acids is 1. The predicted octanol–water partition coefficient (Wildman–Crippen LogP) is 4.85. The third-order valence-corrected chi connectivity index (χ3v) is 4.66. The van der Waals surface area contributed by atoms with Crippen LogP contribution in [0.25, 0.3) is 23.0 Å². The van der Waals surface area contributed by atoms with E-state index in [0.717, 1.165) is 5.56 Å². The highest BCUT2D eigenvalue weighted by molar-refractivity contribution is 6.31. The molecule has 8 heteroatoms. The van der Waals surface area contributed by atoms with Crippen molar-refractivity contribution in [2.45, 2.75) is 13.5 Å². The van der Waals surface area contributed by atoms with Gasteiger partial charge in [0.05, 0.1) is 5.69 Å². The summed E-state index contributed by atoms with van der Waals surface area (Å²) in [5.41, 5.74) is 3.15. The van der Waals surface area contributed by atoms with Gasteiger partial charge in [0.1, 0.15) is 23.8 Å². The zero-order valence-electron chi connectivity index (χ0n) is 15.3. The second-order valence-electron chi connectivity index (χ2n) is 6.25. The average Bonchev–Trinajstić information content (AvgIpc) is 3.24. The number of ether oxygens (including phenoxy) is 1. The highest BCUT2D eigenvalue weighted by Gasteiger charge is 2.15. The first kappa shape index (κ1) is 18.9. The van der Waals surface area contributed by atoms with Gasteiger partial charge in [0.25, 0.3) is 0 Å². The van der Waals surface area contributed by atoms with Gasteiger partial charge in [-0.25, -0.2) is 14.2 Å². The molecule has 29 heavy (non-hydrogen) atoms. The van der Waals surface area contributed by atoms with E-state index in [4.69, 9.17) is 20.9 Å². The summed E-state index contributed by atoms with van der Waals surface area (Å²) in [5.74, 6) is -0.389. The van der Waals surface area contributed by atoms with Crippen LogP contribution in [0, 0.1) is 12.7 Å². The quantitative estimate of drug-likeness (QED) is 0.347. The third kappa shape index (κ3) is 3.90. The Morgan fingerprint density at radius 3 is 2.86 bits per heavy atom. The fourth-order valence-corrected chi connectivity index (χ4v) is 3.08. The molecule has 0 aliphatic carbocycles. The fourth-order valence-electron chi connectivity index (χ4n) is 2.84. The number of hydrogen-bond acceptors (Lipinski definition) is 5. The molecule has 0 saturated heterocycles. The summed E-state index contributed by atoms with van der Waals surface area (Å²) in [6.07, 6.45) is 4.62. The monoisotopic (exact) mass is 411 g/mol. The number of aromatic nitrogens is 3. The summed E-state index contributed by atoms with van der Waals surface area (Å²) < 4.78 is 25.4. The van der Waals surface area contributed by atoms with E-state index < -0.39 is 5.97 Å². The molecule has 3 aromatic heterocycles. The van der Waals surface area contributed by atoms with E-state index in [1.807, 2.05) is 18.2 Å². The number of hydrogen-bond donors (Lipinski definition) is 0. The van der Waals surface area contributed by atoms with E-state index in [9.17, 15) is 9.18 Å². The lowest BCUT2D eigenvalue weighted by Gasteiger charge is -2.01. The van der Waals surface area contributed by atoms with Gasteiger partial charge in [0.15, 0.2) is 10.9 Å². The van der Waals surface area contributed by atoms with E-state index in [0.29, 0.717) is 28.4 Å². The Labute approximate surface area is 170 Å². The first-order valence-corrected chi connectivity index (χ1v) is 9.09. The molecule has 0 radical (unpaired) electrons. The molecule has 0 bridgehead atoms. The number of fused-ring (bicyclic) bond motifs is 1. The summed E-state index contributed by atoms with van der Waals surface area (Å²) in [7, 11) is 0. The number of nitrogens with zero attached hydrogens (tertiary/aromatic N) is 3. The second-order valence-corrected chi connectivity index (χ2v) is 6.61. The van der Waals surface area contributed by atoms with Crippen molar-refractivity contribution in [1.29, 1.82) is 0 Å². The normalized spacial score (nSPS) is 11.4. The van der Waals surface area contributed by atoms with Crippen molar-refractivity contribution < 1.29 is 18.4 Å². The summed E-state index contributed by atoms with van der Waals surface area (Å²) in [4.78, 5) is 16.3. The van der Waals surface area contributed by atoms with E-state index in [1.165, 1.54) is 18.2 Å². The van der Waals surface area contributed by atoms with E-state index in [2.05, 4.69) is 10.1 Å². The summed E-state index contributed by atoms with van der Waals surface area (Å²) in [5, 5.41) is 4.23. The predicted molar refractivity (Wildman–Crippen MR) is 106 cm³/mol. The number of rotatable bonds is 5. The first-order valence-electron chi connectivity index (χ1n) is 8.71. The molecular weight excluding hydrogens is 397 g/mol. The van der Waals surface area contributed by atoms with Crippen molar-refractivity contribution in [3.05, 3.63) is 82.7 Å². The standard InChI is InChI=1S/C21H15ClFN3O3/c1-13-16(25-29-20(13)14-5-7-15(23)8-6-14)12-28-19(27)10-9-17-21(22)24-18-4-2-3-11-26(17)18/h2-11H,12H2,1H3/b10-9+. The molecule has 0 unspecified atom stereocenters. The van der Waals surface area contributed by atoms with Crippen LogP contribution in [0.15, 0.2) is 59.3 Å². The minimum Gasteiger partial charge on any atom is -0.456 e. The molecule has 4 rings (SSSR count). The van der Waals surface area contributed by atoms with Crippen LogP contribution in [0.4, 0.5) is 4.39 Å². The molecule has 146 valence electrons. The molecule has 0 spiro atoms. The maximum absolute atomic E-state index is 13.1. The van der Waals surface area contributed by atoms with Gasteiger partial charge in [-0.05, 0) is 49.4 Å². The van der Waals surface area contributed by atoms with Gasteiger partial charge in [0.2, 0.25) is 0 Å². The Morgan fingerprint density at radius 2 is 2.07 bits per heavy atom. The number of carbonyl (C=O) groups is 1. The first-order chi connectivity index (χ1) is 14.0. The van der Waals surface area contributed by atoms with Crippen LogP contribution in [0.1, 0.15) is 17.0 Å². The molecule has 0 atom stereocenters. The molecular formula is C21H15ClFN3O3. The molecule has 0 aliphatic rings. The highest BCUT2D eigenvalue weighted by Crippen LogP contribution is 2.26. The lowest BCUT2D eigenvalue weighted by atomic mass is 10.1. The third-order valence-electron chi connectivity index (χ3n) is 4.38. The minimum absolute atomic E-state index is 0.0550. The van der Waals surface area contributed by atoms with Crippen LogP contribution in [-0.4, -0.2) is 20.5 Å². The zero-order valence-corrected chi connectivity index (χ0v) is 16.1. The van der Waals surface area contributed by atoms with Gasteiger partial charge in [0, 0.05) is 23.4 Å². The fraction of sp³-hybridized carbons (Fsp3) is 0.0952. The van der Waals surface area contributed by atoms with E-state index in [1.54, 1.807) is 35.7 Å². The van der Waals surface area contributed by atoms with Crippen molar-refractivity contribution in [3.63, 3.8) is 0 Å². The zero-order chi connectivity index (χ0) is 20.4. The Hall–Kier alpha value is -3.45. The number of imidazole rings is 1. The molecule has 4 aromatic rings. The van der Waals surface area contributed by atoms with Crippen molar-refractivity contribution in [1.82, 2.24) is 14.5 Å². The van der Waals surface area contributed by atoms with E-state index >= 15 is 0 Å². The van der Waals surface area contributed by atoms with Crippen molar-refractivity contribution in [2.75, 3.05) is 0 Å². The molecule has 6 nitrogen and oxygen atoms in total. The molecule has 3 heterocycles. The smallest absolute Gasteiger partial charge is 0.331 e. The van der Waals surface area contributed by atoms with Crippen molar-refractivity contribution in [2.24, 2.45) is 0 Å². The molecule has 0 amide bonds. The van der Waals surface area contributed by atoms with Crippen LogP contribution >= 0.6 is 11.6 Å². The van der Waals surface area contributed by atoms with Gasteiger partial charge in [-0.3, -0.25) is 4.40 Å². The number of halogens is 2. The van der Waals surface area contributed by atoms with Crippen LogP contribution in [0.3, 0.4) is 0 Å². The number of pyridine rings is 1. The van der Waals surface area contributed by atoms with Gasteiger partial charge < -0.3 is 9.26 Å². The lowest BCUT2D eigenvalue weighted by Crippen LogP contribution is -2.02. The molecule has 0 aliphatic heterocycles. The lowest BCUT2D eigenvalue weighted by molar-refractivity contribution is -0.139. The molecule has 0 saturated carbocycles. The van der Waals surface area contributed by atoms with Crippen LogP contribution in [0.5, 0.6) is 0 Å². The highest BCUT2D eigenvalue weighted by atomic mass is 35.5. The SMILES string of the molecule is Cc1c(COC(=O)/C=C/c2c(Cl)nc3ccccn23)noc1-c1ccc(F)cc1. The molecule has 0 N–H and O–H groups in total. The second kappa shape index (κ2) is 7.89. The Bertz CT molecular complexity index is 1210. The van der Waals surface area contributed by atoms with Crippen LogP contribution in [0.2, 0.25) is 5.15 Å². The maximum atomic E-state index is 13.1. The van der Waals surface area contributed by atoms with Crippen molar-refractivity contribution in [3.8, 4) is 11.3 Å². The Kier molecular flexibility index (Phi) is 5.14.